The summed E-state index contributed by atoms with van der Waals surface area (Å²) in [5.74, 6) is 0.00259. The third-order valence-electron chi connectivity index (χ3n) is 3.03. The minimum atomic E-state index is 0.00259. The fourth-order valence-electron chi connectivity index (χ4n) is 1.82. The monoisotopic (exact) mass is 280 g/mol. The van der Waals surface area contributed by atoms with Gasteiger partial charge in [-0.25, -0.2) is 0 Å². The molecule has 20 heavy (non-hydrogen) atoms. The van der Waals surface area contributed by atoms with Gasteiger partial charge in [0.15, 0.2) is 0 Å². The van der Waals surface area contributed by atoms with Crippen molar-refractivity contribution in [1.82, 2.24) is 4.90 Å². The number of carbonyl (C=O) groups excluding carboxylic acids is 1. The molecule has 0 aliphatic heterocycles. The molecule has 0 atom stereocenters. The fourth-order valence-corrected chi connectivity index (χ4v) is 1.82. The first-order valence-corrected chi connectivity index (χ1v) is 6.64. The van der Waals surface area contributed by atoms with Gasteiger partial charge in [0.2, 0.25) is 0 Å². The number of carbonyl (C=O) groups is 1. The SMILES string of the molecule is COCCN(CCOC)C(=O)c1cccc(N(C)C)c1. The zero-order valence-electron chi connectivity index (χ0n) is 12.8. The van der Waals surface area contributed by atoms with Gasteiger partial charge in [0.1, 0.15) is 0 Å². The predicted octanol–water partition coefficient (Wildman–Crippen LogP) is 1.49. The Bertz CT molecular complexity index is 413. The lowest BCUT2D eigenvalue weighted by Gasteiger charge is -2.23. The van der Waals surface area contributed by atoms with E-state index in [1.807, 2.05) is 43.3 Å². The molecule has 0 saturated heterocycles. The lowest BCUT2D eigenvalue weighted by molar-refractivity contribution is 0.0627. The summed E-state index contributed by atoms with van der Waals surface area (Å²) in [4.78, 5) is 16.3. The number of benzene rings is 1. The number of methoxy groups -OCH3 is 2. The Kier molecular flexibility index (Phi) is 7.04. The van der Waals surface area contributed by atoms with Crippen molar-refractivity contribution in [2.24, 2.45) is 0 Å². The first-order valence-electron chi connectivity index (χ1n) is 6.64. The number of ether oxygens (including phenoxy) is 2. The van der Waals surface area contributed by atoms with Gasteiger partial charge < -0.3 is 19.3 Å². The van der Waals surface area contributed by atoms with Crippen LogP contribution in [0.2, 0.25) is 0 Å². The van der Waals surface area contributed by atoms with Crippen LogP contribution in [0, 0.1) is 0 Å². The van der Waals surface area contributed by atoms with Crippen LogP contribution in [0.1, 0.15) is 10.4 Å². The lowest BCUT2D eigenvalue weighted by Crippen LogP contribution is -2.36. The third-order valence-corrected chi connectivity index (χ3v) is 3.03. The highest BCUT2D eigenvalue weighted by Gasteiger charge is 2.15. The van der Waals surface area contributed by atoms with Crippen LogP contribution in [-0.4, -0.2) is 65.4 Å². The minimum Gasteiger partial charge on any atom is -0.383 e. The Morgan fingerprint density at radius 3 is 2.20 bits per heavy atom. The van der Waals surface area contributed by atoms with E-state index in [2.05, 4.69) is 0 Å². The quantitative estimate of drug-likeness (QED) is 0.723. The molecule has 1 aromatic carbocycles. The van der Waals surface area contributed by atoms with E-state index < -0.39 is 0 Å². The van der Waals surface area contributed by atoms with Gasteiger partial charge in [0, 0.05) is 52.7 Å². The summed E-state index contributed by atoms with van der Waals surface area (Å²) in [5.41, 5.74) is 1.69. The molecule has 0 aliphatic carbocycles. The third kappa shape index (κ3) is 4.83. The van der Waals surface area contributed by atoms with Gasteiger partial charge in [-0.3, -0.25) is 4.79 Å². The highest BCUT2D eigenvalue weighted by molar-refractivity contribution is 5.95. The molecule has 1 aromatic rings. The van der Waals surface area contributed by atoms with Gasteiger partial charge in [-0.15, -0.1) is 0 Å². The average Bonchev–Trinajstić information content (AvgIpc) is 2.47. The topological polar surface area (TPSA) is 42.0 Å². The van der Waals surface area contributed by atoms with Crippen molar-refractivity contribution >= 4 is 11.6 Å². The van der Waals surface area contributed by atoms with E-state index in [4.69, 9.17) is 9.47 Å². The van der Waals surface area contributed by atoms with Crippen molar-refractivity contribution in [2.75, 3.05) is 59.5 Å². The molecule has 1 rings (SSSR count). The summed E-state index contributed by atoms with van der Waals surface area (Å²) in [6.07, 6.45) is 0. The molecule has 0 spiro atoms. The Morgan fingerprint density at radius 1 is 1.10 bits per heavy atom. The average molecular weight is 280 g/mol. The number of nitrogens with zero attached hydrogens (tertiary/aromatic N) is 2. The fraction of sp³-hybridized carbons (Fsp3) is 0.533. The van der Waals surface area contributed by atoms with Crippen molar-refractivity contribution in [1.29, 1.82) is 0 Å². The van der Waals surface area contributed by atoms with Crippen LogP contribution in [0.15, 0.2) is 24.3 Å². The number of anilines is 1. The Balaban J connectivity index is 2.84. The van der Waals surface area contributed by atoms with Crippen molar-refractivity contribution in [2.45, 2.75) is 0 Å². The molecular formula is C15H24N2O3. The van der Waals surface area contributed by atoms with E-state index in [-0.39, 0.29) is 5.91 Å². The van der Waals surface area contributed by atoms with Crippen molar-refractivity contribution in [3.63, 3.8) is 0 Å². The van der Waals surface area contributed by atoms with Gasteiger partial charge in [-0.2, -0.15) is 0 Å². The molecule has 0 heterocycles. The maximum Gasteiger partial charge on any atom is 0.254 e. The second-order valence-corrected chi connectivity index (χ2v) is 4.72. The second-order valence-electron chi connectivity index (χ2n) is 4.72. The van der Waals surface area contributed by atoms with Crippen molar-refractivity contribution in [3.8, 4) is 0 Å². The van der Waals surface area contributed by atoms with Crippen LogP contribution in [0.5, 0.6) is 0 Å². The van der Waals surface area contributed by atoms with E-state index in [0.717, 1.165) is 5.69 Å². The van der Waals surface area contributed by atoms with Crippen LogP contribution < -0.4 is 4.90 Å². The second kappa shape index (κ2) is 8.55. The molecule has 5 nitrogen and oxygen atoms in total. The summed E-state index contributed by atoms with van der Waals surface area (Å²) in [6, 6.07) is 7.61. The number of hydrogen-bond acceptors (Lipinski definition) is 4. The number of rotatable bonds is 8. The first kappa shape index (κ1) is 16.5. The Hall–Kier alpha value is -1.59. The number of hydrogen-bond donors (Lipinski definition) is 0. The van der Waals surface area contributed by atoms with E-state index >= 15 is 0 Å². The van der Waals surface area contributed by atoms with Gasteiger partial charge in [0.25, 0.3) is 5.91 Å². The van der Waals surface area contributed by atoms with E-state index in [0.29, 0.717) is 31.9 Å². The predicted molar refractivity (Wildman–Crippen MR) is 80.4 cm³/mol. The summed E-state index contributed by atoms with van der Waals surface area (Å²) >= 11 is 0. The lowest BCUT2D eigenvalue weighted by atomic mass is 10.1. The van der Waals surface area contributed by atoms with Crippen LogP contribution in [0.3, 0.4) is 0 Å². The van der Waals surface area contributed by atoms with Crippen LogP contribution in [0.25, 0.3) is 0 Å². The summed E-state index contributed by atoms with van der Waals surface area (Å²) < 4.78 is 10.1. The Morgan fingerprint density at radius 2 is 1.70 bits per heavy atom. The molecule has 112 valence electrons. The largest absolute Gasteiger partial charge is 0.383 e. The zero-order valence-corrected chi connectivity index (χ0v) is 12.8. The van der Waals surface area contributed by atoms with Crippen molar-refractivity contribution in [3.05, 3.63) is 29.8 Å². The van der Waals surface area contributed by atoms with E-state index in [9.17, 15) is 4.79 Å². The van der Waals surface area contributed by atoms with Gasteiger partial charge in [0.05, 0.1) is 13.2 Å². The van der Waals surface area contributed by atoms with Gasteiger partial charge >= 0.3 is 0 Å². The molecule has 0 aliphatic rings. The van der Waals surface area contributed by atoms with Crippen molar-refractivity contribution < 1.29 is 14.3 Å². The number of amides is 1. The molecular weight excluding hydrogens is 256 g/mol. The highest BCUT2D eigenvalue weighted by Crippen LogP contribution is 2.15. The molecule has 0 bridgehead atoms. The molecule has 0 unspecified atom stereocenters. The molecule has 0 radical (unpaired) electrons. The zero-order chi connectivity index (χ0) is 15.0. The summed E-state index contributed by atoms with van der Waals surface area (Å²) in [7, 11) is 7.17. The maximum absolute atomic E-state index is 12.5. The molecule has 0 saturated carbocycles. The normalized spacial score (nSPS) is 10.4. The standard InChI is InChI=1S/C15H24N2O3/c1-16(2)14-7-5-6-13(12-14)15(18)17(8-10-19-3)9-11-20-4/h5-7,12H,8-11H2,1-4H3. The summed E-state index contributed by atoms with van der Waals surface area (Å²) in [6.45, 7) is 2.15. The molecule has 0 aromatic heterocycles. The van der Waals surface area contributed by atoms with E-state index in [1.54, 1.807) is 19.1 Å². The first-order chi connectivity index (χ1) is 9.60. The highest BCUT2D eigenvalue weighted by atomic mass is 16.5. The molecule has 0 fully saturated rings. The molecule has 1 amide bonds. The minimum absolute atomic E-state index is 0.00259. The maximum atomic E-state index is 12.5. The van der Waals surface area contributed by atoms with Gasteiger partial charge in [-0.1, -0.05) is 6.07 Å². The Labute approximate surface area is 121 Å². The van der Waals surface area contributed by atoms with Gasteiger partial charge in [-0.05, 0) is 18.2 Å². The molecule has 5 heteroatoms. The smallest absolute Gasteiger partial charge is 0.254 e. The van der Waals surface area contributed by atoms with Crippen LogP contribution in [0.4, 0.5) is 5.69 Å². The van der Waals surface area contributed by atoms with E-state index in [1.165, 1.54) is 0 Å². The van der Waals surface area contributed by atoms with Crippen LogP contribution >= 0.6 is 0 Å². The summed E-state index contributed by atoms with van der Waals surface area (Å²) in [5, 5.41) is 0. The molecule has 0 N–H and O–H groups in total. The van der Waals surface area contributed by atoms with Crippen LogP contribution in [-0.2, 0) is 9.47 Å².